The van der Waals surface area contributed by atoms with Crippen LogP contribution in [0.5, 0.6) is 0 Å². The van der Waals surface area contributed by atoms with Crippen LogP contribution in [0.1, 0.15) is 65.2 Å². The second kappa shape index (κ2) is 20.6. The summed E-state index contributed by atoms with van der Waals surface area (Å²) < 4.78 is 22.5. The van der Waals surface area contributed by atoms with Gasteiger partial charge in [-0.25, -0.2) is 0 Å². The van der Waals surface area contributed by atoms with E-state index in [0.29, 0.717) is 11.1 Å². The van der Waals surface area contributed by atoms with Gasteiger partial charge in [0.05, 0.1) is 0 Å². The van der Waals surface area contributed by atoms with Crippen LogP contribution in [-0.4, -0.2) is 58.5 Å². The van der Waals surface area contributed by atoms with Crippen LogP contribution in [-0.2, 0) is 17.7 Å². The summed E-state index contributed by atoms with van der Waals surface area (Å²) in [6.07, 6.45) is 9.94. The van der Waals surface area contributed by atoms with Gasteiger partial charge in [0.25, 0.3) is 0 Å². The Bertz CT molecular complexity index is 284. The van der Waals surface area contributed by atoms with E-state index in [2.05, 4.69) is 13.8 Å². The van der Waals surface area contributed by atoms with Crippen LogP contribution in [0.15, 0.2) is 0 Å². The van der Waals surface area contributed by atoms with Gasteiger partial charge in [0.1, 0.15) is 0 Å². The Morgan fingerprint density at radius 2 is 1.00 bits per heavy atom. The molecule has 0 radical (unpaired) electrons. The Morgan fingerprint density at radius 1 is 0.630 bits per heavy atom. The average molecular weight is 475 g/mol. The molecule has 0 bridgehead atoms. The molecule has 0 aliphatic rings. The smallest absolute Gasteiger partial charge is 0.324 e. The fourth-order valence-electron chi connectivity index (χ4n) is 3.23. The van der Waals surface area contributed by atoms with Crippen LogP contribution < -0.4 is 0 Å². The highest BCUT2D eigenvalue weighted by Gasteiger charge is 2.24. The van der Waals surface area contributed by atoms with Gasteiger partial charge in [-0.15, -0.1) is 0 Å². The third-order valence-corrected chi connectivity index (χ3v) is 13.8. The third kappa shape index (κ3) is 14.0. The summed E-state index contributed by atoms with van der Waals surface area (Å²) in [4.78, 5) is 0. The fourth-order valence-corrected chi connectivity index (χ4v) is 11.6. The van der Waals surface area contributed by atoms with E-state index in [1.807, 2.05) is 59.9 Å². The van der Waals surface area contributed by atoms with Gasteiger partial charge in [0.15, 0.2) is 0 Å². The topological polar surface area (TPSA) is 36.9 Å². The van der Waals surface area contributed by atoms with Crippen molar-refractivity contribution in [1.82, 2.24) is 0 Å². The lowest BCUT2D eigenvalue weighted by Crippen LogP contribution is -2.27. The molecular weight excluding hydrogens is 433 g/mol. The zero-order valence-corrected chi connectivity index (χ0v) is 23.0. The Kier molecular flexibility index (Phi) is 21.6. The minimum absolute atomic E-state index is 0.631. The van der Waals surface area contributed by atoms with Gasteiger partial charge < -0.3 is 17.7 Å². The minimum atomic E-state index is -1.50. The molecule has 0 N–H and O–H groups in total. The van der Waals surface area contributed by atoms with Crippen LogP contribution in [0.4, 0.5) is 0 Å². The van der Waals surface area contributed by atoms with Gasteiger partial charge in [-0.05, 0) is 35.5 Å². The Morgan fingerprint density at radius 3 is 1.30 bits per heavy atom. The summed E-state index contributed by atoms with van der Waals surface area (Å²) in [5.74, 6) is 2.35. The molecule has 0 amide bonds. The Balaban J connectivity index is 4.03. The van der Waals surface area contributed by atoms with Crippen LogP contribution >= 0.6 is 31.4 Å². The molecule has 0 fully saturated rings. The predicted octanol–water partition coefficient (Wildman–Crippen LogP) is 5.94. The zero-order valence-electron chi connectivity index (χ0n) is 18.2. The minimum Gasteiger partial charge on any atom is -0.400 e. The third-order valence-electron chi connectivity index (χ3n) is 4.80. The highest BCUT2D eigenvalue weighted by molar-refractivity contribution is 9.09. The first-order valence-corrected chi connectivity index (χ1v) is 17.2. The van der Waals surface area contributed by atoms with Gasteiger partial charge in [-0.3, -0.25) is 0 Å². The van der Waals surface area contributed by atoms with Gasteiger partial charge in [0, 0.05) is 51.0 Å². The monoisotopic (exact) mass is 474 g/mol. The zero-order chi connectivity index (χ0) is 20.3. The van der Waals surface area contributed by atoms with E-state index in [-0.39, 0.29) is 0 Å². The first kappa shape index (κ1) is 28.3. The summed E-state index contributed by atoms with van der Waals surface area (Å²) >= 11 is 0. The molecule has 0 saturated carbocycles. The molecule has 0 heterocycles. The van der Waals surface area contributed by atoms with E-state index >= 15 is 0 Å². The molecule has 0 rings (SSSR count). The molecule has 2 unspecified atom stereocenters. The first-order valence-electron chi connectivity index (χ1n) is 10.2. The first-order chi connectivity index (χ1) is 13.2. The molecule has 0 aromatic heterocycles. The van der Waals surface area contributed by atoms with Crippen molar-refractivity contribution in [3.05, 3.63) is 0 Å². The number of hydrogen-bond acceptors (Lipinski definition) is 7. The van der Waals surface area contributed by atoms with Crippen molar-refractivity contribution in [2.75, 3.05) is 39.9 Å². The molecule has 0 aromatic carbocycles. The van der Waals surface area contributed by atoms with E-state index in [4.69, 9.17) is 17.7 Å². The van der Waals surface area contributed by atoms with Crippen molar-refractivity contribution in [1.29, 1.82) is 0 Å². The summed E-state index contributed by atoms with van der Waals surface area (Å²) in [7, 11) is 10.1. The largest absolute Gasteiger partial charge is 0.400 e. The van der Waals surface area contributed by atoms with Crippen LogP contribution in [0.3, 0.4) is 0 Å². The van der Waals surface area contributed by atoms with Gasteiger partial charge in [0.2, 0.25) is 0 Å². The molecule has 4 nitrogen and oxygen atoms in total. The molecule has 0 aliphatic carbocycles. The lowest BCUT2D eigenvalue weighted by atomic mass is 10.1. The maximum absolute atomic E-state index is 5.63. The summed E-state index contributed by atoms with van der Waals surface area (Å²) in [5, 5.41) is 0. The summed E-state index contributed by atoms with van der Waals surface area (Å²) in [6.45, 7) is 4.51. The quantitative estimate of drug-likeness (QED) is 0.123. The van der Waals surface area contributed by atoms with Crippen molar-refractivity contribution >= 4 is 50.0 Å². The van der Waals surface area contributed by atoms with Gasteiger partial charge in [-0.2, -0.15) is 0 Å². The van der Waals surface area contributed by atoms with Crippen LogP contribution in [0.25, 0.3) is 0 Å². The van der Waals surface area contributed by atoms with Crippen molar-refractivity contribution in [2.45, 2.75) is 76.3 Å². The van der Waals surface area contributed by atoms with E-state index in [1.54, 1.807) is 0 Å². The molecule has 2 atom stereocenters. The SMILES string of the molecule is CCCCC(CCSSSCCC(CCCC)[SiH](OC)OC)[SiH](OC)OC. The average Bonchev–Trinajstić information content (AvgIpc) is 2.69. The number of rotatable bonds is 20. The molecule has 0 spiro atoms. The Labute approximate surface area is 183 Å². The maximum Gasteiger partial charge on any atom is 0.324 e. The molecule has 0 saturated heterocycles. The van der Waals surface area contributed by atoms with E-state index in [9.17, 15) is 0 Å². The van der Waals surface area contributed by atoms with Crippen molar-refractivity contribution in [2.24, 2.45) is 0 Å². The second-order valence-corrected chi connectivity index (χ2v) is 16.5. The second-order valence-electron chi connectivity index (χ2n) is 6.77. The van der Waals surface area contributed by atoms with Crippen molar-refractivity contribution < 1.29 is 17.7 Å². The highest BCUT2D eigenvalue weighted by atomic mass is 33.5. The highest BCUT2D eigenvalue weighted by Crippen LogP contribution is 2.39. The van der Waals surface area contributed by atoms with Crippen LogP contribution in [0.2, 0.25) is 11.1 Å². The molecule has 164 valence electrons. The molecule has 0 aliphatic heterocycles. The molecular formula is C18H42O4S3Si2. The van der Waals surface area contributed by atoms with E-state index in [0.717, 1.165) is 0 Å². The predicted molar refractivity (Wildman–Crippen MR) is 131 cm³/mol. The van der Waals surface area contributed by atoms with Gasteiger partial charge in [-0.1, -0.05) is 61.1 Å². The standard InChI is InChI=1S/C18H42O4S3Si2/c1-7-9-11-17(26(19-3)20-4)13-15-23-25-24-16-14-18(12-10-8-2)27(21-5)22-6/h17-18,26-27H,7-16H2,1-6H3. The van der Waals surface area contributed by atoms with E-state index in [1.165, 1.54) is 62.9 Å². The van der Waals surface area contributed by atoms with Crippen LogP contribution in [0, 0.1) is 0 Å². The molecule has 27 heavy (non-hydrogen) atoms. The maximum atomic E-state index is 5.63. The molecule has 0 aromatic rings. The Hall–Kier alpha value is 1.32. The van der Waals surface area contributed by atoms with E-state index < -0.39 is 18.6 Å². The normalized spacial score (nSPS) is 14.2. The number of hydrogen-bond donors (Lipinski definition) is 0. The lowest BCUT2D eigenvalue weighted by Gasteiger charge is -2.23. The lowest BCUT2D eigenvalue weighted by molar-refractivity contribution is 0.260. The van der Waals surface area contributed by atoms with Crippen molar-refractivity contribution in [3.63, 3.8) is 0 Å². The fraction of sp³-hybridized carbons (Fsp3) is 1.00. The summed E-state index contributed by atoms with van der Waals surface area (Å²) in [5.41, 5.74) is 1.26. The van der Waals surface area contributed by atoms with Crippen molar-refractivity contribution in [3.8, 4) is 0 Å². The molecule has 9 heteroatoms. The van der Waals surface area contributed by atoms with Gasteiger partial charge >= 0.3 is 18.6 Å². The number of unbranched alkanes of at least 4 members (excludes halogenated alkanes) is 2. The summed E-state index contributed by atoms with van der Waals surface area (Å²) in [6, 6.07) is 0.